The summed E-state index contributed by atoms with van der Waals surface area (Å²) < 4.78 is 0. The van der Waals surface area contributed by atoms with Crippen LogP contribution >= 0.6 is 0 Å². The van der Waals surface area contributed by atoms with E-state index in [1.54, 1.807) is 6.07 Å². The first-order chi connectivity index (χ1) is 8.78. The van der Waals surface area contributed by atoms with E-state index in [2.05, 4.69) is 5.32 Å². The van der Waals surface area contributed by atoms with Crippen LogP contribution in [0.2, 0.25) is 0 Å². The van der Waals surface area contributed by atoms with Gasteiger partial charge in [0.05, 0.1) is 0 Å². The second kappa shape index (κ2) is 4.11. The van der Waals surface area contributed by atoms with Gasteiger partial charge >= 0.3 is 0 Å². The van der Waals surface area contributed by atoms with Gasteiger partial charge in [0.1, 0.15) is 6.29 Å². The molecule has 0 aromatic heterocycles. The molecule has 2 aromatic rings. The highest BCUT2D eigenvalue weighted by Crippen LogP contribution is 2.25. The van der Waals surface area contributed by atoms with E-state index in [1.165, 1.54) is 0 Å². The molecule has 0 aliphatic carbocycles. The van der Waals surface area contributed by atoms with Crippen LogP contribution in [0.3, 0.4) is 0 Å². The topological polar surface area (TPSA) is 46.2 Å². The molecule has 0 radical (unpaired) electrons. The first kappa shape index (κ1) is 10.7. The molecular formula is C15H11NO2. The molecule has 18 heavy (non-hydrogen) atoms. The van der Waals surface area contributed by atoms with Crippen molar-refractivity contribution in [1.82, 2.24) is 5.32 Å². The lowest BCUT2D eigenvalue weighted by atomic mass is 9.99. The van der Waals surface area contributed by atoms with Crippen LogP contribution in [-0.4, -0.2) is 12.2 Å². The van der Waals surface area contributed by atoms with Gasteiger partial charge in [0, 0.05) is 17.7 Å². The minimum atomic E-state index is -0.0293. The Labute approximate surface area is 104 Å². The van der Waals surface area contributed by atoms with Gasteiger partial charge in [-0.05, 0) is 28.8 Å². The Morgan fingerprint density at radius 1 is 1.06 bits per heavy atom. The summed E-state index contributed by atoms with van der Waals surface area (Å²) in [4.78, 5) is 22.4. The van der Waals surface area contributed by atoms with E-state index in [0.29, 0.717) is 12.1 Å². The third-order valence-electron chi connectivity index (χ3n) is 3.15. The van der Waals surface area contributed by atoms with Gasteiger partial charge < -0.3 is 5.32 Å². The van der Waals surface area contributed by atoms with Crippen LogP contribution in [0, 0.1) is 0 Å². The van der Waals surface area contributed by atoms with Crippen molar-refractivity contribution in [3.05, 3.63) is 59.2 Å². The van der Waals surface area contributed by atoms with Crippen LogP contribution in [0.4, 0.5) is 0 Å². The zero-order valence-corrected chi connectivity index (χ0v) is 9.64. The average molecular weight is 237 g/mol. The summed E-state index contributed by atoms with van der Waals surface area (Å²) >= 11 is 0. The molecular weight excluding hydrogens is 226 g/mol. The van der Waals surface area contributed by atoms with Crippen molar-refractivity contribution in [2.75, 3.05) is 0 Å². The second-order valence-corrected chi connectivity index (χ2v) is 4.30. The molecule has 2 aromatic carbocycles. The van der Waals surface area contributed by atoms with E-state index >= 15 is 0 Å². The molecule has 3 heteroatoms. The molecule has 0 unspecified atom stereocenters. The molecule has 88 valence electrons. The molecule has 1 aliphatic heterocycles. The van der Waals surface area contributed by atoms with E-state index in [4.69, 9.17) is 0 Å². The van der Waals surface area contributed by atoms with E-state index in [9.17, 15) is 9.59 Å². The van der Waals surface area contributed by atoms with E-state index in [-0.39, 0.29) is 5.91 Å². The molecule has 1 heterocycles. The third kappa shape index (κ3) is 1.70. The number of amides is 1. The van der Waals surface area contributed by atoms with Gasteiger partial charge in [-0.3, -0.25) is 9.59 Å². The van der Waals surface area contributed by atoms with Gasteiger partial charge in [0.15, 0.2) is 0 Å². The third-order valence-corrected chi connectivity index (χ3v) is 3.15. The van der Waals surface area contributed by atoms with Crippen LogP contribution in [0.5, 0.6) is 0 Å². The summed E-state index contributed by atoms with van der Waals surface area (Å²) in [7, 11) is 0. The molecule has 1 N–H and O–H groups in total. The molecule has 0 saturated heterocycles. The molecule has 1 aliphatic rings. The van der Waals surface area contributed by atoms with Crippen molar-refractivity contribution in [1.29, 1.82) is 0 Å². The van der Waals surface area contributed by atoms with Crippen LogP contribution in [0.25, 0.3) is 11.1 Å². The first-order valence-corrected chi connectivity index (χ1v) is 5.75. The van der Waals surface area contributed by atoms with Crippen molar-refractivity contribution in [3.8, 4) is 11.1 Å². The predicted molar refractivity (Wildman–Crippen MR) is 68.4 cm³/mol. The largest absolute Gasteiger partial charge is 0.348 e. The SMILES string of the molecule is O=Cc1cccc(-c2ccc3c(c2)C(=O)NC3)c1. The average Bonchev–Trinajstić information content (AvgIpc) is 2.80. The second-order valence-electron chi connectivity index (χ2n) is 4.30. The maximum atomic E-state index is 11.6. The number of carbonyl (C=O) groups is 2. The molecule has 0 bridgehead atoms. The number of hydrogen-bond donors (Lipinski definition) is 1. The van der Waals surface area contributed by atoms with Crippen LogP contribution < -0.4 is 5.32 Å². The number of carbonyl (C=O) groups excluding carboxylic acids is 2. The Hall–Kier alpha value is -2.42. The zero-order valence-electron chi connectivity index (χ0n) is 9.64. The summed E-state index contributed by atoms with van der Waals surface area (Å²) in [5, 5.41) is 2.79. The van der Waals surface area contributed by atoms with Gasteiger partial charge in [0.25, 0.3) is 5.91 Å². The standard InChI is InChI=1S/C15H11NO2/c17-9-10-2-1-3-11(6-10)12-4-5-13-8-16-15(18)14(13)7-12/h1-7,9H,8H2,(H,16,18). The van der Waals surface area contributed by atoms with Crippen LogP contribution in [0.15, 0.2) is 42.5 Å². The maximum Gasteiger partial charge on any atom is 0.251 e. The Balaban J connectivity index is 2.09. The Morgan fingerprint density at radius 2 is 1.89 bits per heavy atom. The van der Waals surface area contributed by atoms with Gasteiger partial charge in [0.2, 0.25) is 0 Å². The van der Waals surface area contributed by atoms with E-state index in [1.807, 2.05) is 36.4 Å². The monoisotopic (exact) mass is 237 g/mol. The predicted octanol–water partition coefficient (Wildman–Crippen LogP) is 2.41. The number of nitrogens with one attached hydrogen (secondary N) is 1. The number of rotatable bonds is 2. The Kier molecular flexibility index (Phi) is 2.45. The normalized spacial score (nSPS) is 13.0. The molecule has 3 rings (SSSR count). The number of aldehydes is 1. The smallest absolute Gasteiger partial charge is 0.251 e. The lowest BCUT2D eigenvalue weighted by molar-refractivity contribution is 0.0965. The van der Waals surface area contributed by atoms with Crippen LogP contribution in [-0.2, 0) is 6.54 Å². The van der Waals surface area contributed by atoms with E-state index < -0.39 is 0 Å². The number of hydrogen-bond acceptors (Lipinski definition) is 2. The fourth-order valence-corrected chi connectivity index (χ4v) is 2.18. The molecule has 0 fully saturated rings. The van der Waals surface area contributed by atoms with Gasteiger partial charge in [-0.15, -0.1) is 0 Å². The highest BCUT2D eigenvalue weighted by molar-refractivity contribution is 5.99. The summed E-state index contributed by atoms with van der Waals surface area (Å²) in [6.45, 7) is 0.600. The van der Waals surface area contributed by atoms with E-state index in [0.717, 1.165) is 28.5 Å². The number of benzene rings is 2. The highest BCUT2D eigenvalue weighted by Gasteiger charge is 2.18. The van der Waals surface area contributed by atoms with Crippen molar-refractivity contribution < 1.29 is 9.59 Å². The summed E-state index contributed by atoms with van der Waals surface area (Å²) in [5.41, 5.74) is 4.29. The molecule has 0 spiro atoms. The first-order valence-electron chi connectivity index (χ1n) is 5.75. The highest BCUT2D eigenvalue weighted by atomic mass is 16.1. The van der Waals surface area contributed by atoms with Crippen molar-refractivity contribution in [2.45, 2.75) is 6.54 Å². The number of fused-ring (bicyclic) bond motifs is 1. The molecule has 0 saturated carbocycles. The summed E-state index contributed by atoms with van der Waals surface area (Å²) in [5.74, 6) is -0.0293. The Bertz CT molecular complexity index is 647. The van der Waals surface area contributed by atoms with Crippen molar-refractivity contribution in [3.63, 3.8) is 0 Å². The minimum Gasteiger partial charge on any atom is -0.348 e. The fourth-order valence-electron chi connectivity index (χ4n) is 2.18. The minimum absolute atomic E-state index is 0.0293. The Morgan fingerprint density at radius 3 is 2.72 bits per heavy atom. The molecule has 1 amide bonds. The summed E-state index contributed by atoms with van der Waals surface area (Å²) in [6.07, 6.45) is 0.823. The molecule has 3 nitrogen and oxygen atoms in total. The fraction of sp³-hybridized carbons (Fsp3) is 0.0667. The van der Waals surface area contributed by atoms with Crippen molar-refractivity contribution >= 4 is 12.2 Å². The lowest BCUT2D eigenvalue weighted by Crippen LogP contribution is -2.12. The van der Waals surface area contributed by atoms with Gasteiger partial charge in [-0.1, -0.05) is 30.3 Å². The summed E-state index contributed by atoms with van der Waals surface area (Å²) in [6, 6.07) is 13.2. The van der Waals surface area contributed by atoms with Gasteiger partial charge in [-0.25, -0.2) is 0 Å². The van der Waals surface area contributed by atoms with Gasteiger partial charge in [-0.2, -0.15) is 0 Å². The lowest BCUT2D eigenvalue weighted by Gasteiger charge is -2.04. The van der Waals surface area contributed by atoms with Crippen molar-refractivity contribution in [2.24, 2.45) is 0 Å². The molecule has 0 atom stereocenters. The zero-order chi connectivity index (χ0) is 12.5. The quantitative estimate of drug-likeness (QED) is 0.815. The maximum absolute atomic E-state index is 11.6. The van der Waals surface area contributed by atoms with Crippen LogP contribution in [0.1, 0.15) is 26.3 Å².